The van der Waals surface area contributed by atoms with E-state index >= 15 is 0 Å². The van der Waals surface area contributed by atoms with Crippen LogP contribution in [0.3, 0.4) is 0 Å². The SMILES string of the molecule is C[C@@H]1CC=CC2=C1CCCN2CC=O. The van der Waals surface area contributed by atoms with Crippen LogP contribution in [-0.2, 0) is 4.79 Å². The van der Waals surface area contributed by atoms with Crippen LogP contribution in [0.2, 0.25) is 0 Å². The van der Waals surface area contributed by atoms with E-state index in [0.717, 1.165) is 19.3 Å². The summed E-state index contributed by atoms with van der Waals surface area (Å²) in [6.07, 6.45) is 9.00. The number of hydrogen-bond donors (Lipinski definition) is 0. The lowest BCUT2D eigenvalue weighted by molar-refractivity contribution is -0.108. The van der Waals surface area contributed by atoms with Crippen molar-refractivity contribution in [3.05, 3.63) is 23.4 Å². The zero-order valence-corrected chi connectivity index (χ0v) is 8.70. The van der Waals surface area contributed by atoms with Crippen LogP contribution in [0.25, 0.3) is 0 Å². The molecule has 0 aromatic rings. The molecular formula is C12H17NO. The second kappa shape index (κ2) is 3.99. The van der Waals surface area contributed by atoms with Crippen molar-refractivity contribution in [2.45, 2.75) is 26.2 Å². The van der Waals surface area contributed by atoms with E-state index in [-0.39, 0.29) is 0 Å². The van der Waals surface area contributed by atoms with Gasteiger partial charge >= 0.3 is 0 Å². The monoisotopic (exact) mass is 191 g/mol. The maximum absolute atomic E-state index is 10.5. The van der Waals surface area contributed by atoms with Gasteiger partial charge in [-0.15, -0.1) is 0 Å². The number of aldehydes is 1. The minimum Gasteiger partial charge on any atom is -0.365 e. The molecule has 0 bridgehead atoms. The molecule has 0 unspecified atom stereocenters. The standard InChI is InChI=1S/C12H17NO/c1-10-4-2-6-12-11(10)5-3-7-13(12)8-9-14/h2,6,9-10H,3-5,7-8H2,1H3/t10-/m1/s1. The van der Waals surface area contributed by atoms with Crippen molar-refractivity contribution in [3.63, 3.8) is 0 Å². The van der Waals surface area contributed by atoms with E-state index in [4.69, 9.17) is 0 Å². The zero-order valence-electron chi connectivity index (χ0n) is 8.70. The van der Waals surface area contributed by atoms with Crippen LogP contribution in [0.4, 0.5) is 0 Å². The van der Waals surface area contributed by atoms with Crippen molar-refractivity contribution < 1.29 is 4.79 Å². The van der Waals surface area contributed by atoms with Gasteiger partial charge < -0.3 is 9.69 Å². The first-order chi connectivity index (χ1) is 6.83. The summed E-state index contributed by atoms with van der Waals surface area (Å²) < 4.78 is 0. The van der Waals surface area contributed by atoms with E-state index in [1.807, 2.05) is 0 Å². The lowest BCUT2D eigenvalue weighted by atomic mass is 9.85. The molecule has 0 aromatic heterocycles. The summed E-state index contributed by atoms with van der Waals surface area (Å²) in [4.78, 5) is 12.7. The Morgan fingerprint density at radius 1 is 1.64 bits per heavy atom. The highest BCUT2D eigenvalue weighted by Gasteiger charge is 2.23. The number of rotatable bonds is 2. The van der Waals surface area contributed by atoms with Crippen LogP contribution in [0.1, 0.15) is 26.2 Å². The maximum atomic E-state index is 10.5. The Hall–Kier alpha value is -1.05. The smallest absolute Gasteiger partial charge is 0.139 e. The summed E-state index contributed by atoms with van der Waals surface area (Å²) in [5.41, 5.74) is 2.88. The molecule has 2 rings (SSSR count). The number of carbonyl (C=O) groups is 1. The summed E-state index contributed by atoms with van der Waals surface area (Å²) in [5, 5.41) is 0. The molecule has 14 heavy (non-hydrogen) atoms. The van der Waals surface area contributed by atoms with E-state index in [9.17, 15) is 4.79 Å². The second-order valence-electron chi connectivity index (χ2n) is 4.17. The van der Waals surface area contributed by atoms with Crippen LogP contribution in [0, 0.1) is 5.92 Å². The number of nitrogens with zero attached hydrogens (tertiary/aromatic N) is 1. The van der Waals surface area contributed by atoms with Crippen molar-refractivity contribution in [1.82, 2.24) is 4.90 Å². The van der Waals surface area contributed by atoms with Crippen LogP contribution >= 0.6 is 0 Å². The highest BCUT2D eigenvalue weighted by molar-refractivity contribution is 5.53. The molecular weight excluding hydrogens is 174 g/mol. The third-order valence-electron chi connectivity index (χ3n) is 3.20. The predicted molar refractivity (Wildman–Crippen MR) is 56.8 cm³/mol. The normalized spacial score (nSPS) is 26.4. The van der Waals surface area contributed by atoms with Crippen LogP contribution < -0.4 is 0 Å². The maximum Gasteiger partial charge on any atom is 0.139 e. The Bertz CT molecular complexity index is 291. The molecule has 2 nitrogen and oxygen atoms in total. The molecule has 2 aliphatic rings. The lowest BCUT2D eigenvalue weighted by Crippen LogP contribution is -2.32. The highest BCUT2D eigenvalue weighted by Crippen LogP contribution is 2.33. The molecule has 0 N–H and O–H groups in total. The topological polar surface area (TPSA) is 20.3 Å². The molecule has 0 saturated heterocycles. The summed E-state index contributed by atoms with van der Waals surface area (Å²) in [5.74, 6) is 0.671. The first-order valence-electron chi connectivity index (χ1n) is 5.41. The van der Waals surface area contributed by atoms with Crippen LogP contribution in [-0.4, -0.2) is 24.3 Å². The Morgan fingerprint density at radius 2 is 2.50 bits per heavy atom. The van der Waals surface area contributed by atoms with E-state index in [2.05, 4.69) is 24.0 Å². The van der Waals surface area contributed by atoms with Gasteiger partial charge in [0.1, 0.15) is 6.29 Å². The fraction of sp³-hybridized carbons (Fsp3) is 0.583. The Balaban J connectivity index is 2.26. The van der Waals surface area contributed by atoms with Gasteiger partial charge in [-0.1, -0.05) is 13.0 Å². The van der Waals surface area contributed by atoms with Gasteiger partial charge in [0.15, 0.2) is 0 Å². The first-order valence-corrected chi connectivity index (χ1v) is 5.41. The molecule has 1 aliphatic heterocycles. The van der Waals surface area contributed by atoms with Gasteiger partial charge in [-0.3, -0.25) is 0 Å². The van der Waals surface area contributed by atoms with E-state index in [1.165, 1.54) is 18.5 Å². The second-order valence-corrected chi connectivity index (χ2v) is 4.17. The average molecular weight is 191 g/mol. The predicted octanol–water partition coefficient (Wildman–Crippen LogP) is 2.13. The summed E-state index contributed by atoms with van der Waals surface area (Å²) in [7, 11) is 0. The quantitative estimate of drug-likeness (QED) is 0.623. The summed E-state index contributed by atoms with van der Waals surface area (Å²) >= 11 is 0. The van der Waals surface area contributed by atoms with Gasteiger partial charge in [0.05, 0.1) is 6.54 Å². The van der Waals surface area contributed by atoms with Crippen molar-refractivity contribution in [2.24, 2.45) is 5.92 Å². The molecule has 2 heteroatoms. The molecule has 0 spiro atoms. The van der Waals surface area contributed by atoms with Gasteiger partial charge in [0, 0.05) is 12.2 Å². The largest absolute Gasteiger partial charge is 0.365 e. The third-order valence-corrected chi connectivity index (χ3v) is 3.20. The van der Waals surface area contributed by atoms with E-state index in [0.29, 0.717) is 12.5 Å². The van der Waals surface area contributed by atoms with Crippen molar-refractivity contribution in [3.8, 4) is 0 Å². The van der Waals surface area contributed by atoms with Crippen LogP contribution in [0.15, 0.2) is 23.4 Å². The minimum absolute atomic E-state index is 0.551. The Morgan fingerprint density at radius 3 is 3.29 bits per heavy atom. The number of allylic oxidation sites excluding steroid dienone is 3. The fourth-order valence-electron chi connectivity index (χ4n) is 2.43. The van der Waals surface area contributed by atoms with Gasteiger partial charge in [0.25, 0.3) is 0 Å². The van der Waals surface area contributed by atoms with Gasteiger partial charge in [-0.05, 0) is 36.8 Å². The Kier molecular flexibility index (Phi) is 2.71. The van der Waals surface area contributed by atoms with Crippen molar-refractivity contribution in [2.75, 3.05) is 13.1 Å². The molecule has 1 heterocycles. The van der Waals surface area contributed by atoms with Crippen molar-refractivity contribution >= 4 is 6.29 Å². The molecule has 1 aliphatic carbocycles. The molecule has 0 fully saturated rings. The van der Waals surface area contributed by atoms with Crippen LogP contribution in [0.5, 0.6) is 0 Å². The molecule has 0 saturated carbocycles. The average Bonchev–Trinajstić information content (AvgIpc) is 2.20. The highest BCUT2D eigenvalue weighted by atomic mass is 16.1. The molecule has 0 radical (unpaired) electrons. The molecule has 1 atom stereocenters. The lowest BCUT2D eigenvalue weighted by Gasteiger charge is -2.35. The summed E-state index contributed by atoms with van der Waals surface area (Å²) in [6.45, 7) is 3.87. The van der Waals surface area contributed by atoms with Crippen molar-refractivity contribution in [1.29, 1.82) is 0 Å². The molecule has 0 aromatic carbocycles. The molecule has 0 amide bonds. The number of carbonyl (C=O) groups excluding carboxylic acids is 1. The minimum atomic E-state index is 0.551. The summed E-state index contributed by atoms with van der Waals surface area (Å²) in [6, 6.07) is 0. The fourth-order valence-corrected chi connectivity index (χ4v) is 2.43. The zero-order chi connectivity index (χ0) is 9.97. The third kappa shape index (κ3) is 1.61. The molecule has 76 valence electrons. The first kappa shape index (κ1) is 9.50. The van der Waals surface area contributed by atoms with Gasteiger partial charge in [0.2, 0.25) is 0 Å². The van der Waals surface area contributed by atoms with E-state index < -0.39 is 0 Å². The van der Waals surface area contributed by atoms with Gasteiger partial charge in [-0.2, -0.15) is 0 Å². The van der Waals surface area contributed by atoms with E-state index in [1.54, 1.807) is 5.57 Å². The Labute approximate surface area is 85.3 Å². The number of hydrogen-bond acceptors (Lipinski definition) is 2. The van der Waals surface area contributed by atoms with Gasteiger partial charge in [-0.25, -0.2) is 0 Å².